The van der Waals surface area contributed by atoms with Crippen molar-refractivity contribution >= 4 is 0 Å². The lowest BCUT2D eigenvalue weighted by Gasteiger charge is -2.44. The van der Waals surface area contributed by atoms with E-state index in [1.807, 2.05) is 29.2 Å². The maximum Gasteiger partial charge on any atom is 0.404 e. The highest BCUT2D eigenvalue weighted by Gasteiger charge is 2.46. The Morgan fingerprint density at radius 1 is 1.11 bits per heavy atom. The predicted molar refractivity (Wildman–Crippen MR) is 130 cm³/mol. The SMILES string of the molecule is C=C(NCc1ccc(OCC(C)C)cc1)N(Cc1ccc(F)cc1)[C@H]1CCN(C)[C@@H](C(F)(F)F)C1. The molecular formula is C27H35F4N3O. The van der Waals surface area contributed by atoms with E-state index in [0.717, 1.165) is 16.9 Å². The van der Waals surface area contributed by atoms with E-state index in [-0.39, 0.29) is 18.3 Å². The Balaban J connectivity index is 1.70. The van der Waals surface area contributed by atoms with Gasteiger partial charge in [0.2, 0.25) is 0 Å². The molecule has 0 saturated carbocycles. The molecule has 1 saturated heterocycles. The van der Waals surface area contributed by atoms with Gasteiger partial charge in [0.05, 0.1) is 12.4 Å². The highest BCUT2D eigenvalue weighted by molar-refractivity contribution is 5.27. The monoisotopic (exact) mass is 493 g/mol. The Kier molecular flexibility index (Phi) is 9.05. The number of benzene rings is 2. The molecule has 8 heteroatoms. The smallest absolute Gasteiger partial charge is 0.404 e. The molecule has 1 fully saturated rings. The van der Waals surface area contributed by atoms with Crippen molar-refractivity contribution in [2.45, 2.75) is 58.0 Å². The summed E-state index contributed by atoms with van der Waals surface area (Å²) < 4.78 is 60.1. The fourth-order valence-corrected chi connectivity index (χ4v) is 4.23. The number of nitrogens with zero attached hydrogens (tertiary/aromatic N) is 2. The van der Waals surface area contributed by atoms with Gasteiger partial charge in [0.25, 0.3) is 0 Å². The van der Waals surface area contributed by atoms with Crippen molar-refractivity contribution in [2.75, 3.05) is 20.2 Å². The van der Waals surface area contributed by atoms with E-state index < -0.39 is 12.2 Å². The van der Waals surface area contributed by atoms with Crippen molar-refractivity contribution in [3.05, 3.63) is 77.9 Å². The second kappa shape index (κ2) is 11.8. The number of rotatable bonds is 10. The Morgan fingerprint density at radius 2 is 1.74 bits per heavy atom. The quantitative estimate of drug-likeness (QED) is 0.414. The van der Waals surface area contributed by atoms with Gasteiger partial charge in [-0.3, -0.25) is 4.90 Å². The highest BCUT2D eigenvalue weighted by atomic mass is 19.4. The Labute approximate surface area is 205 Å². The first-order valence-corrected chi connectivity index (χ1v) is 12.0. The zero-order valence-corrected chi connectivity index (χ0v) is 20.6. The summed E-state index contributed by atoms with van der Waals surface area (Å²) in [4.78, 5) is 3.25. The first-order chi connectivity index (χ1) is 16.5. The fourth-order valence-electron chi connectivity index (χ4n) is 4.23. The number of piperidine rings is 1. The summed E-state index contributed by atoms with van der Waals surface area (Å²) in [5, 5.41) is 3.28. The van der Waals surface area contributed by atoms with E-state index in [1.54, 1.807) is 12.1 Å². The lowest BCUT2D eigenvalue weighted by molar-refractivity contribution is -0.192. The topological polar surface area (TPSA) is 27.7 Å². The van der Waals surface area contributed by atoms with Gasteiger partial charge in [-0.2, -0.15) is 13.2 Å². The molecule has 1 aliphatic rings. The molecule has 1 aliphatic heterocycles. The minimum absolute atomic E-state index is 0.0518. The van der Waals surface area contributed by atoms with Crippen molar-refractivity contribution in [1.82, 2.24) is 15.1 Å². The lowest BCUT2D eigenvalue weighted by atomic mass is 9.95. The summed E-state index contributed by atoms with van der Waals surface area (Å²) >= 11 is 0. The van der Waals surface area contributed by atoms with E-state index in [0.29, 0.717) is 44.4 Å². The number of hydrogen-bond donors (Lipinski definition) is 1. The largest absolute Gasteiger partial charge is 0.493 e. The summed E-state index contributed by atoms with van der Waals surface area (Å²) in [6.45, 7) is 10.1. The van der Waals surface area contributed by atoms with Gasteiger partial charge in [-0.1, -0.05) is 44.7 Å². The molecular weight excluding hydrogens is 458 g/mol. The van der Waals surface area contributed by atoms with Gasteiger partial charge in [-0.25, -0.2) is 4.39 Å². The van der Waals surface area contributed by atoms with Crippen molar-refractivity contribution < 1.29 is 22.3 Å². The molecule has 0 amide bonds. The van der Waals surface area contributed by atoms with Crippen molar-refractivity contribution in [2.24, 2.45) is 5.92 Å². The van der Waals surface area contributed by atoms with Crippen LogP contribution in [-0.4, -0.2) is 48.3 Å². The van der Waals surface area contributed by atoms with Gasteiger partial charge < -0.3 is 15.0 Å². The third-order valence-electron chi connectivity index (χ3n) is 6.28. The molecule has 2 aromatic carbocycles. The number of likely N-dealkylation sites (tertiary alicyclic amines) is 1. The summed E-state index contributed by atoms with van der Waals surface area (Å²) in [7, 11) is 1.51. The van der Waals surface area contributed by atoms with Crippen LogP contribution in [0.2, 0.25) is 0 Å². The summed E-state index contributed by atoms with van der Waals surface area (Å²) in [5.74, 6) is 1.42. The highest BCUT2D eigenvalue weighted by Crippen LogP contribution is 2.34. The van der Waals surface area contributed by atoms with Crippen LogP contribution in [0, 0.1) is 11.7 Å². The second-order valence-corrected chi connectivity index (χ2v) is 9.62. The van der Waals surface area contributed by atoms with Crippen LogP contribution in [-0.2, 0) is 13.1 Å². The lowest BCUT2D eigenvalue weighted by Crippen LogP contribution is -2.54. The van der Waals surface area contributed by atoms with Crippen LogP contribution in [0.4, 0.5) is 17.6 Å². The zero-order valence-electron chi connectivity index (χ0n) is 20.6. The van der Waals surface area contributed by atoms with E-state index in [1.165, 1.54) is 24.1 Å². The molecule has 192 valence electrons. The second-order valence-electron chi connectivity index (χ2n) is 9.62. The molecule has 3 rings (SSSR count). The Hall–Kier alpha value is -2.74. The molecule has 0 aliphatic carbocycles. The minimum Gasteiger partial charge on any atom is -0.493 e. The molecule has 4 nitrogen and oxygen atoms in total. The maximum atomic E-state index is 13.7. The molecule has 35 heavy (non-hydrogen) atoms. The molecule has 2 atom stereocenters. The maximum absolute atomic E-state index is 13.7. The average Bonchev–Trinajstić information content (AvgIpc) is 2.81. The van der Waals surface area contributed by atoms with Crippen molar-refractivity contribution in [3.63, 3.8) is 0 Å². The van der Waals surface area contributed by atoms with Crippen molar-refractivity contribution in [1.29, 1.82) is 0 Å². The molecule has 0 radical (unpaired) electrons. The summed E-state index contributed by atoms with van der Waals surface area (Å²) in [6, 6.07) is 11.9. The van der Waals surface area contributed by atoms with Crippen LogP contribution in [0.3, 0.4) is 0 Å². The standard InChI is InChI=1S/C27H35F4N3O/c1-19(2)18-35-25-11-7-21(8-12-25)16-32-20(3)34(17-22-5-9-23(28)10-6-22)24-13-14-33(4)26(15-24)27(29,30)31/h5-12,19,24,26,32H,3,13-18H2,1-2,4H3/t24-,26+/m0/s1. The molecule has 0 spiro atoms. The molecule has 2 aromatic rings. The van der Waals surface area contributed by atoms with E-state index >= 15 is 0 Å². The summed E-state index contributed by atoms with van der Waals surface area (Å²) in [6.07, 6.45) is -3.78. The van der Waals surface area contributed by atoms with E-state index in [2.05, 4.69) is 25.7 Å². The predicted octanol–water partition coefficient (Wildman–Crippen LogP) is 5.95. The van der Waals surface area contributed by atoms with Crippen LogP contribution in [0.1, 0.15) is 37.8 Å². The van der Waals surface area contributed by atoms with Crippen LogP contribution in [0.15, 0.2) is 60.9 Å². The van der Waals surface area contributed by atoms with Gasteiger partial charge in [0.15, 0.2) is 0 Å². The average molecular weight is 494 g/mol. The zero-order chi connectivity index (χ0) is 25.6. The van der Waals surface area contributed by atoms with Crippen LogP contribution < -0.4 is 10.1 Å². The number of alkyl halides is 3. The van der Waals surface area contributed by atoms with Gasteiger partial charge in [-0.15, -0.1) is 0 Å². The van der Waals surface area contributed by atoms with E-state index in [4.69, 9.17) is 4.74 Å². The number of halogens is 4. The number of hydrogen-bond acceptors (Lipinski definition) is 4. The third kappa shape index (κ3) is 7.88. The minimum atomic E-state index is -4.30. The van der Waals surface area contributed by atoms with Gasteiger partial charge >= 0.3 is 6.18 Å². The van der Waals surface area contributed by atoms with Crippen molar-refractivity contribution in [3.8, 4) is 5.75 Å². The van der Waals surface area contributed by atoms with Gasteiger partial charge in [-0.05, 0) is 61.2 Å². The Bertz CT molecular complexity index is 944. The normalized spacial score (nSPS) is 19.0. The molecule has 0 bridgehead atoms. The molecule has 0 aromatic heterocycles. The van der Waals surface area contributed by atoms with Crippen LogP contribution >= 0.6 is 0 Å². The van der Waals surface area contributed by atoms with Gasteiger partial charge in [0, 0.05) is 25.7 Å². The Morgan fingerprint density at radius 3 is 2.34 bits per heavy atom. The molecule has 1 heterocycles. The summed E-state index contributed by atoms with van der Waals surface area (Å²) in [5.41, 5.74) is 1.81. The van der Waals surface area contributed by atoms with Crippen LogP contribution in [0.5, 0.6) is 5.75 Å². The third-order valence-corrected chi connectivity index (χ3v) is 6.28. The molecule has 0 unspecified atom stereocenters. The van der Waals surface area contributed by atoms with Crippen LogP contribution in [0.25, 0.3) is 0 Å². The van der Waals surface area contributed by atoms with Gasteiger partial charge in [0.1, 0.15) is 17.6 Å². The number of nitrogens with one attached hydrogen (secondary N) is 1. The molecule has 1 N–H and O–H groups in total. The number of ether oxygens (including phenoxy) is 1. The van der Waals surface area contributed by atoms with E-state index in [9.17, 15) is 17.6 Å². The first kappa shape index (κ1) is 26.9. The first-order valence-electron chi connectivity index (χ1n) is 12.0. The fraction of sp³-hybridized carbons (Fsp3) is 0.481.